The number of allylic oxidation sites excluding steroid dienone is 5. The van der Waals surface area contributed by atoms with Crippen LogP contribution in [0.2, 0.25) is 0 Å². The zero-order chi connectivity index (χ0) is 46.3. The monoisotopic (exact) mass is 911 g/mol. The molecule has 70 heavy (non-hydrogen) atoms. The van der Waals surface area contributed by atoms with Crippen molar-refractivity contribution in [3.63, 3.8) is 0 Å². The van der Waals surface area contributed by atoms with Crippen molar-refractivity contribution >= 4 is 80.7 Å². The molecule has 0 bridgehead atoms. The molecular formula is C64H41N5S. The summed E-state index contributed by atoms with van der Waals surface area (Å²) in [6, 6.07) is 71.9. The number of hydrogen-bond acceptors (Lipinski definition) is 4. The van der Waals surface area contributed by atoms with Gasteiger partial charge < -0.3 is 9.13 Å². The summed E-state index contributed by atoms with van der Waals surface area (Å²) < 4.78 is 7.50. The molecule has 0 saturated carbocycles. The van der Waals surface area contributed by atoms with Gasteiger partial charge in [-0.2, -0.15) is 0 Å². The molecule has 0 atom stereocenters. The second-order valence-electron chi connectivity index (χ2n) is 18.0. The Balaban J connectivity index is 0.910. The summed E-state index contributed by atoms with van der Waals surface area (Å²) in [6.07, 6.45) is 9.28. The van der Waals surface area contributed by atoms with Crippen LogP contribution in [0.15, 0.2) is 231 Å². The van der Waals surface area contributed by atoms with Gasteiger partial charge in [0.1, 0.15) is 0 Å². The Kier molecular flexibility index (Phi) is 9.22. The Hall–Kier alpha value is -8.97. The minimum Gasteiger partial charge on any atom is -0.309 e. The van der Waals surface area contributed by atoms with Crippen molar-refractivity contribution in [3.8, 4) is 56.7 Å². The predicted octanol–water partition coefficient (Wildman–Crippen LogP) is 16.8. The van der Waals surface area contributed by atoms with Crippen molar-refractivity contribution in [2.45, 2.75) is 6.42 Å². The normalized spacial score (nSPS) is 13.6. The van der Waals surface area contributed by atoms with Crippen molar-refractivity contribution in [1.82, 2.24) is 24.1 Å². The number of thiophene rings is 1. The third-order valence-corrected chi connectivity index (χ3v) is 15.1. The lowest BCUT2D eigenvalue weighted by Gasteiger charge is -2.18. The lowest BCUT2D eigenvalue weighted by molar-refractivity contribution is 1.07. The highest BCUT2D eigenvalue weighted by Crippen LogP contribution is 2.43. The van der Waals surface area contributed by atoms with E-state index >= 15 is 0 Å². The number of rotatable bonds is 5. The van der Waals surface area contributed by atoms with E-state index in [1.54, 1.807) is 0 Å². The molecule has 1 aliphatic rings. The Labute approximate surface area is 407 Å². The highest BCUT2D eigenvalue weighted by Gasteiger charge is 2.21. The molecule has 1 aliphatic carbocycles. The molecule has 9 aromatic carbocycles. The van der Waals surface area contributed by atoms with E-state index in [1.165, 1.54) is 58.3 Å². The van der Waals surface area contributed by atoms with Crippen LogP contribution in [-0.2, 0) is 6.42 Å². The lowest BCUT2D eigenvalue weighted by atomic mass is 9.88. The average molecular weight is 912 g/mol. The smallest absolute Gasteiger partial charge is 0.164 e. The molecule has 0 unspecified atom stereocenters. The molecule has 13 aromatic rings. The van der Waals surface area contributed by atoms with E-state index in [0.29, 0.717) is 17.5 Å². The fraction of sp³-hybridized carbons (Fsp3) is 0.0156. The van der Waals surface area contributed by atoms with Crippen LogP contribution in [0.5, 0.6) is 0 Å². The number of nitrogens with zero attached hydrogens (tertiary/aromatic N) is 5. The Morgan fingerprint density at radius 2 is 0.957 bits per heavy atom. The standard InChI is InChI=1S/C64H41N5S/c1-40-17-5-2-10-22-43-35-44(64-66-62(41-18-6-3-7-19-41)65-63(67-64)42-20-8-4-9-21-42)29-32-47(43)48-33-30-45(36-52(40)48)68-56-26-14-11-23-49(56)53-37-46(31-34-58(53)68)69-57-27-15-12-24-50(57)54-39-61-55(38-59(54)69)51-25-13-16-28-60(51)70-61/h2-21,23-39H,1,22H2/b10-2-,17-5-. The molecule has 5 nitrogen and oxygen atoms in total. The number of para-hydroxylation sites is 2. The second kappa shape index (κ2) is 16.1. The molecule has 0 aliphatic heterocycles. The van der Waals surface area contributed by atoms with E-state index in [4.69, 9.17) is 15.0 Å². The zero-order valence-electron chi connectivity index (χ0n) is 37.9. The Morgan fingerprint density at radius 3 is 1.69 bits per heavy atom. The van der Waals surface area contributed by atoms with Crippen LogP contribution in [0.1, 0.15) is 11.1 Å². The molecule has 4 heterocycles. The van der Waals surface area contributed by atoms with Crippen molar-refractivity contribution < 1.29 is 0 Å². The number of hydrogen-bond donors (Lipinski definition) is 0. The fourth-order valence-electron chi connectivity index (χ4n) is 10.7. The molecule has 328 valence electrons. The summed E-state index contributed by atoms with van der Waals surface area (Å²) in [5, 5.41) is 7.54. The van der Waals surface area contributed by atoms with Crippen LogP contribution >= 0.6 is 11.3 Å². The summed E-state index contributed by atoms with van der Waals surface area (Å²) in [5.41, 5.74) is 15.2. The summed E-state index contributed by atoms with van der Waals surface area (Å²) in [4.78, 5) is 15.1. The Morgan fingerprint density at radius 1 is 0.386 bits per heavy atom. The fourth-order valence-corrected chi connectivity index (χ4v) is 11.8. The molecule has 0 N–H and O–H groups in total. The van der Waals surface area contributed by atoms with Gasteiger partial charge in [-0.05, 0) is 101 Å². The first kappa shape index (κ1) is 40.1. The first-order valence-corrected chi connectivity index (χ1v) is 24.5. The van der Waals surface area contributed by atoms with E-state index in [9.17, 15) is 0 Å². The minimum absolute atomic E-state index is 0.637. The van der Waals surface area contributed by atoms with Crippen molar-refractivity contribution in [2.75, 3.05) is 0 Å². The van der Waals surface area contributed by atoms with Crippen LogP contribution in [0.25, 0.3) is 126 Å². The van der Waals surface area contributed by atoms with Crippen LogP contribution in [0.3, 0.4) is 0 Å². The van der Waals surface area contributed by atoms with Crippen LogP contribution in [-0.4, -0.2) is 24.1 Å². The highest BCUT2D eigenvalue weighted by atomic mass is 32.1. The molecule has 4 aromatic heterocycles. The molecule has 0 saturated heterocycles. The van der Waals surface area contributed by atoms with Gasteiger partial charge in [0, 0.05) is 69.8 Å². The number of aromatic nitrogens is 5. The molecular weight excluding hydrogens is 871 g/mol. The van der Waals surface area contributed by atoms with Crippen molar-refractivity contribution in [2.24, 2.45) is 0 Å². The van der Waals surface area contributed by atoms with Crippen LogP contribution < -0.4 is 0 Å². The maximum atomic E-state index is 5.07. The maximum Gasteiger partial charge on any atom is 0.164 e. The molecule has 0 radical (unpaired) electrons. The third-order valence-electron chi connectivity index (χ3n) is 13.9. The number of benzene rings is 9. The van der Waals surface area contributed by atoms with Gasteiger partial charge in [-0.3, -0.25) is 0 Å². The van der Waals surface area contributed by atoms with Crippen molar-refractivity contribution in [3.05, 3.63) is 242 Å². The van der Waals surface area contributed by atoms with E-state index in [-0.39, 0.29) is 0 Å². The molecule has 14 rings (SSSR count). The van der Waals surface area contributed by atoms with Gasteiger partial charge in [-0.1, -0.05) is 164 Å². The minimum atomic E-state index is 0.637. The zero-order valence-corrected chi connectivity index (χ0v) is 38.7. The molecule has 6 heteroatoms. The van der Waals surface area contributed by atoms with Gasteiger partial charge in [-0.15, -0.1) is 11.3 Å². The topological polar surface area (TPSA) is 48.5 Å². The van der Waals surface area contributed by atoms with Crippen molar-refractivity contribution in [1.29, 1.82) is 0 Å². The van der Waals surface area contributed by atoms with Crippen LogP contribution in [0.4, 0.5) is 0 Å². The largest absolute Gasteiger partial charge is 0.309 e. The summed E-state index contributed by atoms with van der Waals surface area (Å²) in [5.74, 6) is 1.92. The van der Waals surface area contributed by atoms with Gasteiger partial charge in [0.2, 0.25) is 0 Å². The Bertz CT molecular complexity index is 4280. The molecule has 0 fully saturated rings. The SMILES string of the molecule is C=C1/C=C\C=C/Cc2cc(-c3nc(-c4ccccc4)nc(-c4ccccc4)n3)ccc2-c2ccc(-n3c4ccccc4c4cc(-n5c6ccccc6c6cc7sc8ccccc8c7cc65)ccc43)cc21. The second-order valence-corrected chi connectivity index (χ2v) is 19.1. The molecule has 0 spiro atoms. The van der Waals surface area contributed by atoms with Gasteiger partial charge in [-0.25, -0.2) is 15.0 Å². The summed E-state index contributed by atoms with van der Waals surface area (Å²) in [7, 11) is 0. The predicted molar refractivity (Wildman–Crippen MR) is 294 cm³/mol. The van der Waals surface area contributed by atoms with Gasteiger partial charge in [0.05, 0.1) is 22.1 Å². The van der Waals surface area contributed by atoms with Gasteiger partial charge in [0.25, 0.3) is 0 Å². The number of fused-ring (bicyclic) bond motifs is 12. The average Bonchev–Trinajstić information content (AvgIpc) is 4.07. The first-order chi connectivity index (χ1) is 34.6. The quantitative estimate of drug-likeness (QED) is 0.173. The van der Waals surface area contributed by atoms with E-state index in [0.717, 1.165) is 67.8 Å². The molecule has 0 amide bonds. The van der Waals surface area contributed by atoms with Gasteiger partial charge >= 0.3 is 0 Å². The summed E-state index contributed by atoms with van der Waals surface area (Å²) >= 11 is 1.87. The van der Waals surface area contributed by atoms with Gasteiger partial charge in [0.15, 0.2) is 17.5 Å². The maximum absolute atomic E-state index is 5.07. The van der Waals surface area contributed by atoms with E-state index in [1.807, 2.05) is 72.0 Å². The highest BCUT2D eigenvalue weighted by molar-refractivity contribution is 7.25. The van der Waals surface area contributed by atoms with E-state index in [2.05, 4.69) is 180 Å². The third kappa shape index (κ3) is 6.49. The lowest BCUT2D eigenvalue weighted by Crippen LogP contribution is -2.02. The van der Waals surface area contributed by atoms with E-state index < -0.39 is 0 Å². The van der Waals surface area contributed by atoms with Crippen LogP contribution in [0, 0.1) is 0 Å². The summed E-state index contributed by atoms with van der Waals surface area (Å²) in [6.45, 7) is 4.65. The first-order valence-electron chi connectivity index (χ1n) is 23.7.